The molecule has 0 radical (unpaired) electrons. The van der Waals surface area contributed by atoms with Gasteiger partial charge in [0.25, 0.3) is 0 Å². The highest BCUT2D eigenvalue weighted by Crippen LogP contribution is 2.59. The number of aromatic nitrogens is 2. The van der Waals surface area contributed by atoms with Gasteiger partial charge in [0.2, 0.25) is 0 Å². The summed E-state index contributed by atoms with van der Waals surface area (Å²) in [5, 5.41) is 15.9. The van der Waals surface area contributed by atoms with Crippen LogP contribution in [-0.4, -0.2) is 27.1 Å². The van der Waals surface area contributed by atoms with Gasteiger partial charge < -0.3 is 9.52 Å². The highest BCUT2D eigenvalue weighted by atomic mass is 19.1. The predicted octanol–water partition coefficient (Wildman–Crippen LogP) is 4.91. The highest BCUT2D eigenvalue weighted by Gasteiger charge is 2.57. The largest absolute Gasteiger partial charge is 0.472 e. The first-order valence-corrected chi connectivity index (χ1v) is 10.2. The van der Waals surface area contributed by atoms with Gasteiger partial charge in [-0.05, 0) is 74.4 Å². The van der Waals surface area contributed by atoms with E-state index in [9.17, 15) is 9.50 Å². The third-order valence-corrected chi connectivity index (χ3v) is 7.07. The van der Waals surface area contributed by atoms with Gasteiger partial charge in [-0.3, -0.25) is 4.99 Å². The van der Waals surface area contributed by atoms with E-state index in [4.69, 9.17) is 4.42 Å². The molecule has 2 aliphatic rings. The van der Waals surface area contributed by atoms with Gasteiger partial charge in [-0.1, -0.05) is 12.5 Å². The lowest BCUT2D eigenvalue weighted by molar-refractivity contribution is -0.00421. The Morgan fingerprint density at radius 1 is 1.30 bits per heavy atom. The molecule has 0 saturated heterocycles. The van der Waals surface area contributed by atoms with Crippen molar-refractivity contribution in [2.75, 3.05) is 0 Å². The number of aliphatic imine (C=N–C) groups is 1. The lowest BCUT2D eigenvalue weighted by atomic mass is 9.53. The van der Waals surface area contributed by atoms with Crippen LogP contribution in [0.15, 0.2) is 64.0 Å². The molecule has 0 amide bonds. The standard InChI is InChI=1S/C24H24FN3O2/c1-23-13-17-14-27-28(20-7-5-19(25)6-8-20)21(17)12-18(23)4-3-10-24(23,26-2)22(29)16-9-11-30-15-16/h5-9,11-12,14-15,22,29H,2-4,10,13H2,1H3/t22-,23-,24-/m0/s1. The quantitative estimate of drug-likeness (QED) is 0.628. The Morgan fingerprint density at radius 2 is 2.10 bits per heavy atom. The Morgan fingerprint density at radius 3 is 2.80 bits per heavy atom. The summed E-state index contributed by atoms with van der Waals surface area (Å²) in [7, 11) is 0. The van der Waals surface area contributed by atoms with Gasteiger partial charge in [-0.2, -0.15) is 5.10 Å². The average molecular weight is 405 g/mol. The number of fused-ring (bicyclic) bond motifs is 2. The van der Waals surface area contributed by atoms with Crippen molar-refractivity contribution >= 4 is 12.8 Å². The summed E-state index contributed by atoms with van der Waals surface area (Å²) >= 11 is 0. The van der Waals surface area contributed by atoms with Gasteiger partial charge in [0.15, 0.2) is 0 Å². The number of benzene rings is 1. The molecule has 30 heavy (non-hydrogen) atoms. The number of furan rings is 1. The number of hydrogen-bond donors (Lipinski definition) is 1. The summed E-state index contributed by atoms with van der Waals surface area (Å²) in [5.41, 5.74) is 3.72. The fraction of sp³-hybridized carbons (Fsp3) is 0.333. The van der Waals surface area contributed by atoms with E-state index in [-0.39, 0.29) is 5.82 Å². The van der Waals surface area contributed by atoms with Crippen LogP contribution in [0.3, 0.4) is 0 Å². The van der Waals surface area contributed by atoms with E-state index in [2.05, 4.69) is 29.8 Å². The number of nitrogens with zero attached hydrogens (tertiary/aromatic N) is 3. The fourth-order valence-corrected chi connectivity index (χ4v) is 5.38. The van der Waals surface area contributed by atoms with Crippen LogP contribution < -0.4 is 0 Å². The Balaban J connectivity index is 1.61. The molecule has 1 fully saturated rings. The number of aliphatic hydroxyl groups is 1. The van der Waals surface area contributed by atoms with Gasteiger partial charge in [0, 0.05) is 11.0 Å². The minimum Gasteiger partial charge on any atom is -0.472 e. The summed E-state index contributed by atoms with van der Waals surface area (Å²) in [6.07, 6.45) is 9.68. The van der Waals surface area contributed by atoms with Gasteiger partial charge in [-0.25, -0.2) is 9.07 Å². The lowest BCUT2D eigenvalue weighted by Gasteiger charge is -2.54. The van der Waals surface area contributed by atoms with Crippen LogP contribution in [0.4, 0.5) is 4.39 Å². The molecule has 2 heterocycles. The molecule has 0 spiro atoms. The second-order valence-electron chi connectivity index (χ2n) is 8.52. The zero-order valence-electron chi connectivity index (χ0n) is 16.9. The first-order chi connectivity index (χ1) is 14.5. The number of halogens is 1. The molecule has 2 aliphatic carbocycles. The van der Waals surface area contributed by atoms with E-state index >= 15 is 0 Å². The minimum atomic E-state index is -0.809. The smallest absolute Gasteiger partial charge is 0.123 e. The number of rotatable bonds is 4. The molecule has 6 heteroatoms. The Bertz CT molecular complexity index is 1120. The van der Waals surface area contributed by atoms with Crippen molar-refractivity contribution in [3.63, 3.8) is 0 Å². The number of hydrogen-bond acceptors (Lipinski definition) is 4. The molecule has 1 N–H and O–H groups in total. The summed E-state index contributed by atoms with van der Waals surface area (Å²) in [6, 6.07) is 8.14. The summed E-state index contributed by atoms with van der Waals surface area (Å²) in [4.78, 5) is 4.59. The zero-order chi connectivity index (χ0) is 20.9. The Labute approximate surface area is 174 Å². The molecule has 154 valence electrons. The molecule has 5 rings (SSSR count). The third-order valence-electron chi connectivity index (χ3n) is 7.07. The Kier molecular flexibility index (Phi) is 4.29. The van der Waals surface area contributed by atoms with Crippen LogP contribution in [0, 0.1) is 11.2 Å². The van der Waals surface area contributed by atoms with Crippen molar-refractivity contribution < 1.29 is 13.9 Å². The Hall–Kier alpha value is -2.99. The van der Waals surface area contributed by atoms with Crippen LogP contribution >= 0.6 is 0 Å². The van der Waals surface area contributed by atoms with Crippen LogP contribution in [0.1, 0.15) is 49.1 Å². The van der Waals surface area contributed by atoms with E-state index in [1.54, 1.807) is 30.7 Å². The molecular weight excluding hydrogens is 381 g/mol. The summed E-state index contributed by atoms with van der Waals surface area (Å²) < 4.78 is 20.4. The maximum atomic E-state index is 13.4. The third kappa shape index (κ3) is 2.56. The first kappa shape index (κ1) is 19.0. The maximum Gasteiger partial charge on any atom is 0.123 e. The minimum absolute atomic E-state index is 0.270. The summed E-state index contributed by atoms with van der Waals surface area (Å²) in [6.45, 7) is 6.09. The number of aliphatic hydroxyl groups excluding tert-OH is 1. The molecule has 0 bridgehead atoms. The van der Waals surface area contributed by atoms with Crippen molar-refractivity contribution in [1.82, 2.24) is 9.78 Å². The van der Waals surface area contributed by atoms with Gasteiger partial charge in [0.1, 0.15) is 11.9 Å². The van der Waals surface area contributed by atoms with Crippen molar-refractivity contribution in [3.8, 4) is 5.69 Å². The fourth-order valence-electron chi connectivity index (χ4n) is 5.38. The van der Waals surface area contributed by atoms with Gasteiger partial charge in [0.05, 0.1) is 35.6 Å². The van der Waals surface area contributed by atoms with E-state index < -0.39 is 17.1 Å². The molecule has 1 aromatic carbocycles. The van der Waals surface area contributed by atoms with E-state index in [0.717, 1.165) is 41.8 Å². The predicted molar refractivity (Wildman–Crippen MR) is 113 cm³/mol. The topological polar surface area (TPSA) is 63.6 Å². The van der Waals surface area contributed by atoms with Crippen molar-refractivity contribution in [2.45, 2.75) is 44.2 Å². The molecule has 3 aromatic rings. The van der Waals surface area contributed by atoms with Crippen LogP contribution in [0.5, 0.6) is 0 Å². The molecule has 3 atom stereocenters. The normalized spacial score (nSPS) is 26.4. The van der Waals surface area contributed by atoms with E-state index in [0.29, 0.717) is 6.42 Å². The van der Waals surface area contributed by atoms with Crippen LogP contribution in [-0.2, 0) is 6.42 Å². The maximum absolute atomic E-state index is 13.4. The van der Waals surface area contributed by atoms with Crippen LogP contribution in [0.2, 0.25) is 0 Å². The average Bonchev–Trinajstić information content (AvgIpc) is 3.41. The zero-order valence-corrected chi connectivity index (χ0v) is 16.9. The second kappa shape index (κ2) is 6.77. The van der Waals surface area contributed by atoms with Crippen LogP contribution in [0.25, 0.3) is 11.8 Å². The van der Waals surface area contributed by atoms with Gasteiger partial charge in [-0.15, -0.1) is 0 Å². The SMILES string of the molecule is C=N[C@]1([C@@H](O)c2ccoc2)CCCC2=Cc3c(cnn3-c3ccc(F)cc3)C[C@@]21C. The van der Waals surface area contributed by atoms with Crippen molar-refractivity contribution in [2.24, 2.45) is 10.4 Å². The summed E-state index contributed by atoms with van der Waals surface area (Å²) in [5.74, 6) is -0.270. The molecule has 5 nitrogen and oxygen atoms in total. The van der Waals surface area contributed by atoms with Crippen molar-refractivity contribution in [3.05, 3.63) is 77.3 Å². The molecule has 0 aliphatic heterocycles. The van der Waals surface area contributed by atoms with E-state index in [1.165, 1.54) is 17.7 Å². The van der Waals surface area contributed by atoms with E-state index in [1.807, 2.05) is 10.9 Å². The lowest BCUT2D eigenvalue weighted by Crippen LogP contribution is -2.54. The molecular formula is C24H24FN3O2. The second-order valence-corrected chi connectivity index (χ2v) is 8.52. The molecule has 0 unspecified atom stereocenters. The molecule has 2 aromatic heterocycles. The highest BCUT2D eigenvalue weighted by molar-refractivity contribution is 5.62. The monoisotopic (exact) mass is 405 g/mol. The van der Waals surface area contributed by atoms with Crippen molar-refractivity contribution in [1.29, 1.82) is 0 Å². The van der Waals surface area contributed by atoms with Gasteiger partial charge >= 0.3 is 0 Å². The first-order valence-electron chi connectivity index (χ1n) is 10.2. The molecule has 1 saturated carbocycles.